The normalized spacial score (nSPS) is 10.5. The second-order valence-electron chi connectivity index (χ2n) is 6.83. The largest absolute Gasteiger partial charge is 0.497 e. The van der Waals surface area contributed by atoms with Crippen molar-refractivity contribution in [2.45, 2.75) is 6.92 Å². The molecule has 1 heterocycles. The number of amides is 1. The van der Waals surface area contributed by atoms with E-state index in [1.165, 1.54) is 0 Å². The third kappa shape index (κ3) is 4.90. The lowest BCUT2D eigenvalue weighted by Crippen LogP contribution is -2.20. The highest BCUT2D eigenvalue weighted by Crippen LogP contribution is 2.25. The minimum atomic E-state index is -0.223. The average Bonchev–Trinajstić information content (AvgIpc) is 3.30. The van der Waals surface area contributed by atoms with Gasteiger partial charge in [-0.1, -0.05) is 23.4 Å². The predicted octanol–water partition coefficient (Wildman–Crippen LogP) is 4.74. The van der Waals surface area contributed by atoms with E-state index in [9.17, 15) is 4.79 Å². The molecule has 0 aliphatic carbocycles. The lowest BCUT2D eigenvalue weighted by Gasteiger charge is -2.09. The number of hydrogen-bond acceptors (Lipinski definition) is 6. The Kier molecular flexibility index (Phi) is 5.93. The fraction of sp³-hybridized carbons (Fsp3) is 0.125. The molecule has 4 aromatic rings. The van der Waals surface area contributed by atoms with Gasteiger partial charge in [-0.05, 0) is 67.1 Å². The number of aryl methyl sites for hydroxylation is 1. The fourth-order valence-electron chi connectivity index (χ4n) is 2.94. The van der Waals surface area contributed by atoms with Crippen molar-refractivity contribution in [2.75, 3.05) is 19.0 Å². The number of nitrogens with one attached hydrogen (secondary N) is 1. The highest BCUT2D eigenvalue weighted by atomic mass is 16.5. The standard InChI is InChI=1S/C24H21N3O4/c1-16-5-3-4-6-21(16)25-22(28)15-30-20-13-9-18(10-14-20)24-26-23(27-31-24)17-7-11-19(29-2)12-8-17/h3-14H,15H2,1-2H3,(H,25,28). The van der Waals surface area contributed by atoms with Gasteiger partial charge in [0.25, 0.3) is 11.8 Å². The molecule has 1 aromatic heterocycles. The van der Waals surface area contributed by atoms with E-state index in [0.717, 1.165) is 28.1 Å². The first-order valence-corrected chi connectivity index (χ1v) is 9.69. The van der Waals surface area contributed by atoms with E-state index in [-0.39, 0.29) is 12.5 Å². The molecule has 1 amide bonds. The second-order valence-corrected chi connectivity index (χ2v) is 6.83. The Morgan fingerprint density at radius 3 is 2.32 bits per heavy atom. The molecule has 0 unspecified atom stereocenters. The zero-order valence-electron chi connectivity index (χ0n) is 17.2. The van der Waals surface area contributed by atoms with Gasteiger partial charge in [-0.2, -0.15) is 4.98 Å². The summed E-state index contributed by atoms with van der Waals surface area (Å²) in [7, 11) is 1.62. The summed E-state index contributed by atoms with van der Waals surface area (Å²) in [6.45, 7) is 1.85. The Hall–Kier alpha value is -4.13. The van der Waals surface area contributed by atoms with Crippen LogP contribution in [0.1, 0.15) is 5.56 Å². The number of para-hydroxylation sites is 1. The number of nitrogens with zero attached hydrogens (tertiary/aromatic N) is 2. The van der Waals surface area contributed by atoms with Crippen molar-refractivity contribution in [3.63, 3.8) is 0 Å². The molecule has 31 heavy (non-hydrogen) atoms. The molecule has 0 bridgehead atoms. The SMILES string of the molecule is COc1ccc(-c2noc(-c3ccc(OCC(=O)Nc4ccccc4C)cc3)n2)cc1. The van der Waals surface area contributed by atoms with E-state index in [4.69, 9.17) is 14.0 Å². The Balaban J connectivity index is 1.36. The van der Waals surface area contributed by atoms with Gasteiger partial charge in [0.05, 0.1) is 7.11 Å². The highest BCUT2D eigenvalue weighted by molar-refractivity contribution is 5.92. The van der Waals surface area contributed by atoms with Crippen LogP contribution >= 0.6 is 0 Å². The van der Waals surface area contributed by atoms with Crippen molar-refractivity contribution in [2.24, 2.45) is 0 Å². The number of rotatable bonds is 7. The summed E-state index contributed by atoms with van der Waals surface area (Å²) in [6, 6.07) is 22.1. The van der Waals surface area contributed by atoms with Crippen molar-refractivity contribution in [1.82, 2.24) is 10.1 Å². The maximum atomic E-state index is 12.1. The molecule has 0 aliphatic rings. The summed E-state index contributed by atoms with van der Waals surface area (Å²) in [5, 5.41) is 6.87. The Bertz CT molecular complexity index is 1170. The van der Waals surface area contributed by atoms with Gasteiger partial charge in [0, 0.05) is 16.8 Å². The van der Waals surface area contributed by atoms with E-state index in [0.29, 0.717) is 17.5 Å². The molecule has 4 rings (SSSR count). The van der Waals surface area contributed by atoms with Crippen LogP contribution in [0.5, 0.6) is 11.5 Å². The van der Waals surface area contributed by atoms with Gasteiger partial charge >= 0.3 is 0 Å². The monoisotopic (exact) mass is 415 g/mol. The fourth-order valence-corrected chi connectivity index (χ4v) is 2.94. The van der Waals surface area contributed by atoms with Gasteiger partial charge in [0.2, 0.25) is 5.82 Å². The molecule has 3 aromatic carbocycles. The minimum absolute atomic E-state index is 0.0874. The maximum absolute atomic E-state index is 12.1. The molecular weight excluding hydrogens is 394 g/mol. The molecule has 156 valence electrons. The van der Waals surface area contributed by atoms with Crippen LogP contribution in [0.25, 0.3) is 22.8 Å². The van der Waals surface area contributed by atoms with Crippen LogP contribution < -0.4 is 14.8 Å². The third-order valence-electron chi connectivity index (χ3n) is 4.66. The summed E-state index contributed by atoms with van der Waals surface area (Å²) >= 11 is 0. The summed E-state index contributed by atoms with van der Waals surface area (Å²) in [6.07, 6.45) is 0. The van der Waals surface area contributed by atoms with Crippen LogP contribution in [0.15, 0.2) is 77.3 Å². The summed E-state index contributed by atoms with van der Waals surface area (Å²) in [5.41, 5.74) is 3.35. The first kappa shape index (κ1) is 20.2. The van der Waals surface area contributed by atoms with Crippen LogP contribution in [-0.2, 0) is 4.79 Å². The van der Waals surface area contributed by atoms with Crippen LogP contribution in [0, 0.1) is 6.92 Å². The van der Waals surface area contributed by atoms with Gasteiger partial charge < -0.3 is 19.3 Å². The molecule has 0 radical (unpaired) electrons. The minimum Gasteiger partial charge on any atom is -0.497 e. The van der Waals surface area contributed by atoms with E-state index in [1.807, 2.05) is 55.5 Å². The van der Waals surface area contributed by atoms with E-state index in [1.54, 1.807) is 31.4 Å². The van der Waals surface area contributed by atoms with E-state index < -0.39 is 0 Å². The molecule has 0 spiro atoms. The lowest BCUT2D eigenvalue weighted by molar-refractivity contribution is -0.118. The predicted molar refractivity (Wildman–Crippen MR) is 117 cm³/mol. The summed E-state index contributed by atoms with van der Waals surface area (Å²) in [4.78, 5) is 16.6. The molecular formula is C24H21N3O4. The first-order chi connectivity index (χ1) is 15.1. The highest BCUT2D eigenvalue weighted by Gasteiger charge is 2.11. The van der Waals surface area contributed by atoms with Crippen LogP contribution in [0.4, 0.5) is 5.69 Å². The van der Waals surface area contributed by atoms with Crippen molar-refractivity contribution in [3.05, 3.63) is 78.4 Å². The molecule has 0 fully saturated rings. The third-order valence-corrected chi connectivity index (χ3v) is 4.66. The molecule has 1 N–H and O–H groups in total. The van der Waals surface area contributed by atoms with Crippen molar-refractivity contribution >= 4 is 11.6 Å². The quantitative estimate of drug-likeness (QED) is 0.469. The molecule has 0 saturated heterocycles. The maximum Gasteiger partial charge on any atom is 0.262 e. The number of carbonyl (C=O) groups is 1. The number of hydrogen-bond donors (Lipinski definition) is 1. The number of anilines is 1. The lowest BCUT2D eigenvalue weighted by atomic mass is 10.2. The van der Waals surface area contributed by atoms with Crippen molar-refractivity contribution < 1.29 is 18.8 Å². The topological polar surface area (TPSA) is 86.5 Å². The number of aromatic nitrogens is 2. The molecule has 0 saturated carbocycles. The van der Waals surface area contributed by atoms with Gasteiger partial charge in [-0.15, -0.1) is 0 Å². The van der Waals surface area contributed by atoms with Crippen LogP contribution in [0.2, 0.25) is 0 Å². The zero-order valence-corrected chi connectivity index (χ0v) is 17.2. The number of carbonyl (C=O) groups excluding carboxylic acids is 1. The summed E-state index contributed by atoms with van der Waals surface area (Å²) < 4.78 is 16.1. The first-order valence-electron chi connectivity index (χ1n) is 9.69. The molecule has 7 heteroatoms. The molecule has 0 aliphatic heterocycles. The molecule has 7 nitrogen and oxygen atoms in total. The smallest absolute Gasteiger partial charge is 0.262 e. The Labute approximate surface area is 179 Å². The zero-order chi connectivity index (χ0) is 21.6. The summed E-state index contributed by atoms with van der Waals surface area (Å²) in [5.74, 6) is 1.99. The number of ether oxygens (including phenoxy) is 2. The van der Waals surface area contributed by atoms with Crippen LogP contribution in [-0.4, -0.2) is 29.8 Å². The van der Waals surface area contributed by atoms with Crippen LogP contribution in [0.3, 0.4) is 0 Å². The Morgan fingerprint density at radius 2 is 1.61 bits per heavy atom. The second kappa shape index (κ2) is 9.13. The number of benzene rings is 3. The molecule has 0 atom stereocenters. The number of methoxy groups -OCH3 is 1. The van der Waals surface area contributed by atoms with E-state index in [2.05, 4.69) is 15.5 Å². The van der Waals surface area contributed by atoms with Gasteiger partial charge in [-0.25, -0.2) is 0 Å². The van der Waals surface area contributed by atoms with Crippen molar-refractivity contribution in [1.29, 1.82) is 0 Å². The average molecular weight is 415 g/mol. The van der Waals surface area contributed by atoms with Crippen molar-refractivity contribution in [3.8, 4) is 34.3 Å². The van der Waals surface area contributed by atoms with Gasteiger partial charge in [0.15, 0.2) is 6.61 Å². The van der Waals surface area contributed by atoms with Gasteiger partial charge in [0.1, 0.15) is 11.5 Å². The van der Waals surface area contributed by atoms with E-state index >= 15 is 0 Å². The Morgan fingerprint density at radius 1 is 0.935 bits per heavy atom. The van der Waals surface area contributed by atoms with Gasteiger partial charge in [-0.3, -0.25) is 4.79 Å².